The predicted octanol–water partition coefficient (Wildman–Crippen LogP) is 5.69. The lowest BCUT2D eigenvalue weighted by Crippen LogP contribution is -2.38. The Hall–Kier alpha value is -2.71. The van der Waals surface area contributed by atoms with E-state index >= 15 is 0 Å². The molecule has 178 valence electrons. The molecule has 34 heavy (non-hydrogen) atoms. The van der Waals surface area contributed by atoms with Gasteiger partial charge < -0.3 is 15.7 Å². The first-order valence-electron chi connectivity index (χ1n) is 11.1. The average molecular weight is 499 g/mol. The second kappa shape index (κ2) is 9.88. The molecule has 7 nitrogen and oxygen atoms in total. The minimum atomic E-state index is -0.572. The third-order valence-electron chi connectivity index (χ3n) is 5.47. The second-order valence-electron chi connectivity index (χ2n) is 9.26. The summed E-state index contributed by atoms with van der Waals surface area (Å²) in [6.07, 6.45) is 4.56. The highest BCUT2D eigenvalue weighted by Crippen LogP contribution is 2.29. The maximum Gasteiger partial charge on any atom is 0.223 e. The average Bonchev–Trinajstić information content (AvgIpc) is 3.23. The van der Waals surface area contributed by atoms with E-state index in [-0.39, 0.29) is 11.6 Å². The quantitative estimate of drug-likeness (QED) is 0.303. The smallest absolute Gasteiger partial charge is 0.223 e. The zero-order valence-electron chi connectivity index (χ0n) is 19.5. The molecule has 3 aromatic heterocycles. The maximum absolute atomic E-state index is 10.5. The summed E-state index contributed by atoms with van der Waals surface area (Å²) >= 11 is 12.7. The Labute approximate surface area is 209 Å². The molecule has 9 heteroatoms. The van der Waals surface area contributed by atoms with Crippen LogP contribution >= 0.6 is 23.2 Å². The zero-order chi connectivity index (χ0) is 24.5. The number of hydrogen-bond donors (Lipinski definition) is 3. The van der Waals surface area contributed by atoms with Gasteiger partial charge in [0, 0.05) is 18.3 Å². The van der Waals surface area contributed by atoms with E-state index in [1.54, 1.807) is 18.5 Å². The minimum absolute atomic E-state index is 0.0493. The number of halogens is 2. The number of nitrogens with one attached hydrogen (secondary N) is 2. The van der Waals surface area contributed by atoms with Crippen molar-refractivity contribution in [1.29, 1.82) is 0 Å². The summed E-state index contributed by atoms with van der Waals surface area (Å²) in [5.41, 5.74) is 3.78. The number of aliphatic hydroxyl groups excluding tert-OH is 1. The van der Waals surface area contributed by atoms with Gasteiger partial charge >= 0.3 is 0 Å². The van der Waals surface area contributed by atoms with E-state index < -0.39 is 6.10 Å². The predicted molar refractivity (Wildman–Crippen MR) is 137 cm³/mol. The van der Waals surface area contributed by atoms with E-state index in [1.807, 2.05) is 47.9 Å². The highest BCUT2D eigenvalue weighted by atomic mass is 35.5. The number of nitrogens with zero attached hydrogens (tertiary/aromatic N) is 4. The van der Waals surface area contributed by atoms with Gasteiger partial charge in [0.25, 0.3) is 0 Å². The van der Waals surface area contributed by atoms with Crippen LogP contribution in [0.3, 0.4) is 0 Å². The first-order valence-corrected chi connectivity index (χ1v) is 11.8. The van der Waals surface area contributed by atoms with Crippen molar-refractivity contribution in [3.05, 3.63) is 76.2 Å². The molecule has 0 bridgehead atoms. The van der Waals surface area contributed by atoms with Crippen LogP contribution in [0.4, 0.5) is 5.95 Å². The second-order valence-corrected chi connectivity index (χ2v) is 10.1. The number of pyridine rings is 1. The minimum Gasteiger partial charge on any atom is -0.387 e. The van der Waals surface area contributed by atoms with Gasteiger partial charge in [0.1, 0.15) is 5.69 Å². The third-order valence-corrected chi connectivity index (χ3v) is 6.04. The summed E-state index contributed by atoms with van der Waals surface area (Å²) in [4.78, 5) is 13.4. The number of fused-ring (bicyclic) bond motifs is 1. The summed E-state index contributed by atoms with van der Waals surface area (Å²) in [7, 11) is 0. The number of aromatic nitrogens is 4. The molecule has 0 unspecified atom stereocenters. The maximum atomic E-state index is 10.5. The Morgan fingerprint density at radius 1 is 1.00 bits per heavy atom. The Balaban J connectivity index is 1.50. The summed E-state index contributed by atoms with van der Waals surface area (Å²) < 4.78 is 1.85. The summed E-state index contributed by atoms with van der Waals surface area (Å²) in [6.45, 7) is 8.74. The van der Waals surface area contributed by atoms with Gasteiger partial charge in [0.15, 0.2) is 5.65 Å². The molecule has 1 aromatic carbocycles. The van der Waals surface area contributed by atoms with E-state index in [1.165, 1.54) is 0 Å². The van der Waals surface area contributed by atoms with Gasteiger partial charge in [-0.05, 0) is 51.0 Å². The van der Waals surface area contributed by atoms with E-state index in [2.05, 4.69) is 46.4 Å². The number of hydrogen-bond acceptors (Lipinski definition) is 6. The first kappa shape index (κ1) is 24.4. The molecule has 0 aliphatic carbocycles. The Morgan fingerprint density at radius 3 is 2.41 bits per heavy atom. The van der Waals surface area contributed by atoms with Crippen LogP contribution in [0.5, 0.6) is 0 Å². The number of β-amino-alcohol motifs (C(OH)–C–C–N with tert-alkyl or cyclic N) is 1. The van der Waals surface area contributed by atoms with Crippen LogP contribution in [0.2, 0.25) is 10.0 Å². The van der Waals surface area contributed by atoms with Crippen LogP contribution < -0.4 is 10.6 Å². The number of benzene rings is 1. The molecule has 0 aliphatic rings. The van der Waals surface area contributed by atoms with Crippen molar-refractivity contribution < 1.29 is 5.11 Å². The van der Waals surface area contributed by atoms with Crippen LogP contribution in [0.15, 0.2) is 55.0 Å². The fourth-order valence-electron chi connectivity index (χ4n) is 3.57. The first-order chi connectivity index (χ1) is 16.1. The van der Waals surface area contributed by atoms with Crippen LogP contribution in [-0.4, -0.2) is 36.5 Å². The molecule has 0 radical (unpaired) electrons. The van der Waals surface area contributed by atoms with Crippen molar-refractivity contribution in [3.8, 4) is 11.4 Å². The molecule has 4 aromatic rings. The third kappa shape index (κ3) is 5.50. The Bertz CT molecular complexity index is 1280. The molecule has 0 saturated heterocycles. The topological polar surface area (TPSA) is 87.4 Å². The SMILES string of the molecule is C[C@H](Nc1ncc(Cl)c(-c2cnc3c(Cl)cccn23)n1)c1ccc([C@H](O)CNC(C)(C)C)cc1. The molecule has 4 rings (SSSR count). The highest BCUT2D eigenvalue weighted by molar-refractivity contribution is 6.34. The molecule has 0 fully saturated rings. The van der Waals surface area contributed by atoms with Crippen LogP contribution in [0, 0.1) is 0 Å². The number of imidazole rings is 1. The van der Waals surface area contributed by atoms with Gasteiger partial charge in [-0.2, -0.15) is 0 Å². The van der Waals surface area contributed by atoms with Gasteiger partial charge in [-0.15, -0.1) is 0 Å². The molecule has 3 N–H and O–H groups in total. The molecular weight excluding hydrogens is 471 g/mol. The standard InChI is InChI=1S/C25H28Cl2N6O/c1-15(16-7-9-17(10-8-16)21(34)14-30-25(2,3)4)31-24-29-12-19(27)22(32-24)20-13-28-23-18(26)6-5-11-33(20)23/h5-13,15,21,30,34H,14H2,1-4H3,(H,29,31,32)/t15-,21+/m0/s1. The van der Waals surface area contributed by atoms with Crippen molar-refractivity contribution in [3.63, 3.8) is 0 Å². The van der Waals surface area contributed by atoms with Crippen LogP contribution in [0.25, 0.3) is 17.0 Å². The normalized spacial score (nSPS) is 13.7. The molecule has 3 heterocycles. The number of anilines is 1. The van der Waals surface area contributed by atoms with Gasteiger partial charge in [0.05, 0.1) is 40.3 Å². The largest absolute Gasteiger partial charge is 0.387 e. The van der Waals surface area contributed by atoms with E-state index in [9.17, 15) is 5.11 Å². The monoisotopic (exact) mass is 498 g/mol. The van der Waals surface area contributed by atoms with E-state index in [0.717, 1.165) is 16.8 Å². The van der Waals surface area contributed by atoms with E-state index in [0.29, 0.717) is 33.9 Å². The summed E-state index contributed by atoms with van der Waals surface area (Å²) in [5, 5.41) is 18.1. The highest BCUT2D eigenvalue weighted by Gasteiger charge is 2.17. The van der Waals surface area contributed by atoms with Crippen LogP contribution in [-0.2, 0) is 0 Å². The molecule has 2 atom stereocenters. The lowest BCUT2D eigenvalue weighted by atomic mass is 10.0. The molecule has 0 aliphatic heterocycles. The van der Waals surface area contributed by atoms with Crippen molar-refractivity contribution in [1.82, 2.24) is 24.7 Å². The van der Waals surface area contributed by atoms with Crippen molar-refractivity contribution in [2.24, 2.45) is 0 Å². The van der Waals surface area contributed by atoms with Crippen molar-refractivity contribution in [2.75, 3.05) is 11.9 Å². The van der Waals surface area contributed by atoms with Gasteiger partial charge in [0.2, 0.25) is 5.95 Å². The van der Waals surface area contributed by atoms with Crippen molar-refractivity contribution >= 4 is 34.8 Å². The fraction of sp³-hybridized carbons (Fsp3) is 0.320. The van der Waals surface area contributed by atoms with Crippen LogP contribution in [0.1, 0.15) is 51.0 Å². The summed E-state index contributed by atoms with van der Waals surface area (Å²) in [5.74, 6) is 0.447. The lowest BCUT2D eigenvalue weighted by Gasteiger charge is -2.23. The van der Waals surface area contributed by atoms with Gasteiger partial charge in [-0.1, -0.05) is 47.5 Å². The lowest BCUT2D eigenvalue weighted by molar-refractivity contribution is 0.163. The molecule has 0 amide bonds. The Morgan fingerprint density at radius 2 is 1.71 bits per heavy atom. The summed E-state index contributed by atoms with van der Waals surface area (Å²) in [6, 6.07) is 11.4. The fourth-order valence-corrected chi connectivity index (χ4v) is 3.97. The van der Waals surface area contributed by atoms with Gasteiger partial charge in [-0.25, -0.2) is 15.0 Å². The number of aliphatic hydroxyl groups is 1. The van der Waals surface area contributed by atoms with E-state index in [4.69, 9.17) is 23.2 Å². The molecule has 0 saturated carbocycles. The molecule has 0 spiro atoms. The number of rotatable bonds is 7. The van der Waals surface area contributed by atoms with Crippen molar-refractivity contribution in [2.45, 2.75) is 45.4 Å². The zero-order valence-corrected chi connectivity index (χ0v) is 21.1. The van der Waals surface area contributed by atoms with Gasteiger partial charge in [-0.3, -0.25) is 4.40 Å². The Kier molecular flexibility index (Phi) is 7.09. The molecular formula is C25H28Cl2N6O.